The molecule has 0 saturated carbocycles. The second-order valence-electron chi connectivity index (χ2n) is 4.41. The van der Waals surface area contributed by atoms with Crippen LogP contribution >= 0.6 is 0 Å². The molecule has 0 aliphatic carbocycles. The molecular weight excluding hydrogens is 255 g/mol. The summed E-state index contributed by atoms with van der Waals surface area (Å²) in [6, 6.07) is 14.4. The first-order valence-corrected chi connectivity index (χ1v) is 6.13. The predicted molar refractivity (Wildman–Crippen MR) is 73.4 cm³/mol. The molecule has 0 saturated heterocycles. The summed E-state index contributed by atoms with van der Waals surface area (Å²) in [5, 5.41) is 11.7. The smallest absolute Gasteiger partial charge is 0.252 e. The molecule has 0 aromatic heterocycles. The van der Waals surface area contributed by atoms with E-state index in [1.807, 2.05) is 12.1 Å². The van der Waals surface area contributed by atoms with Crippen molar-refractivity contribution in [2.45, 2.75) is 13.0 Å². The molecule has 0 radical (unpaired) electrons. The number of halogens is 1. The highest BCUT2D eigenvalue weighted by molar-refractivity contribution is 5.94. The van der Waals surface area contributed by atoms with Crippen molar-refractivity contribution in [1.82, 2.24) is 5.32 Å². The Bertz CT molecular complexity index is 662. The van der Waals surface area contributed by atoms with Crippen molar-refractivity contribution in [3.8, 4) is 6.07 Å². The standard InChI is InChI=1S/C16H13FN2O/c1-11-7-8-13(9-14(11)17)16(20)19-15(10-18)12-5-3-2-4-6-12/h2-9,15H,1H3,(H,19,20). The highest BCUT2D eigenvalue weighted by Gasteiger charge is 2.15. The van der Waals surface area contributed by atoms with E-state index >= 15 is 0 Å². The molecule has 0 aliphatic heterocycles. The third kappa shape index (κ3) is 3.01. The van der Waals surface area contributed by atoms with E-state index in [-0.39, 0.29) is 5.56 Å². The lowest BCUT2D eigenvalue weighted by molar-refractivity contribution is 0.0944. The number of aryl methyl sites for hydroxylation is 1. The summed E-state index contributed by atoms with van der Waals surface area (Å²) in [6.45, 7) is 1.62. The molecular formula is C16H13FN2O. The SMILES string of the molecule is Cc1ccc(C(=O)NC(C#N)c2ccccc2)cc1F. The molecule has 2 aromatic rings. The van der Waals surface area contributed by atoms with Gasteiger partial charge in [-0.25, -0.2) is 4.39 Å². The van der Waals surface area contributed by atoms with Crippen LogP contribution in [0, 0.1) is 24.1 Å². The summed E-state index contributed by atoms with van der Waals surface area (Å²) in [4.78, 5) is 12.0. The van der Waals surface area contributed by atoms with Crippen molar-refractivity contribution in [3.05, 3.63) is 71.0 Å². The third-order valence-corrected chi connectivity index (χ3v) is 2.97. The Balaban J connectivity index is 2.18. The average molecular weight is 268 g/mol. The first-order chi connectivity index (χ1) is 9.61. The zero-order valence-corrected chi connectivity index (χ0v) is 10.9. The number of nitrogens with one attached hydrogen (secondary N) is 1. The van der Waals surface area contributed by atoms with Gasteiger partial charge in [-0.2, -0.15) is 5.26 Å². The molecule has 2 rings (SSSR count). The van der Waals surface area contributed by atoms with Crippen LogP contribution in [0.25, 0.3) is 0 Å². The number of nitriles is 1. The Hall–Kier alpha value is -2.67. The van der Waals surface area contributed by atoms with Gasteiger partial charge in [-0.1, -0.05) is 36.4 Å². The summed E-state index contributed by atoms with van der Waals surface area (Å²) >= 11 is 0. The number of hydrogen-bond donors (Lipinski definition) is 1. The van der Waals surface area contributed by atoms with E-state index in [1.54, 1.807) is 31.2 Å². The van der Waals surface area contributed by atoms with Crippen molar-refractivity contribution in [2.75, 3.05) is 0 Å². The van der Waals surface area contributed by atoms with Gasteiger partial charge < -0.3 is 5.32 Å². The van der Waals surface area contributed by atoms with Crippen LogP contribution in [0.15, 0.2) is 48.5 Å². The molecule has 2 aromatic carbocycles. The fourth-order valence-corrected chi connectivity index (χ4v) is 1.78. The maximum absolute atomic E-state index is 13.4. The van der Waals surface area contributed by atoms with Crippen LogP contribution in [-0.4, -0.2) is 5.91 Å². The second kappa shape index (κ2) is 5.98. The fourth-order valence-electron chi connectivity index (χ4n) is 1.78. The van der Waals surface area contributed by atoms with Crippen LogP contribution in [-0.2, 0) is 0 Å². The van der Waals surface area contributed by atoms with Crippen LogP contribution in [0.4, 0.5) is 4.39 Å². The van der Waals surface area contributed by atoms with E-state index in [0.717, 1.165) is 0 Å². The van der Waals surface area contributed by atoms with Gasteiger partial charge in [0, 0.05) is 5.56 Å². The van der Waals surface area contributed by atoms with Gasteiger partial charge in [0.05, 0.1) is 6.07 Å². The maximum Gasteiger partial charge on any atom is 0.252 e. The minimum Gasteiger partial charge on any atom is -0.332 e. The second-order valence-corrected chi connectivity index (χ2v) is 4.41. The summed E-state index contributed by atoms with van der Waals surface area (Å²) < 4.78 is 13.4. The molecule has 4 heteroatoms. The summed E-state index contributed by atoms with van der Waals surface area (Å²) in [7, 11) is 0. The number of amides is 1. The Morgan fingerprint density at radius 1 is 1.25 bits per heavy atom. The van der Waals surface area contributed by atoms with Crippen LogP contribution in [0.1, 0.15) is 27.5 Å². The molecule has 0 spiro atoms. The first kappa shape index (κ1) is 13.8. The number of rotatable bonds is 3. The van der Waals surface area contributed by atoms with Gasteiger partial charge in [0.25, 0.3) is 5.91 Å². The largest absolute Gasteiger partial charge is 0.332 e. The van der Waals surface area contributed by atoms with Crippen LogP contribution in [0.5, 0.6) is 0 Å². The van der Waals surface area contributed by atoms with E-state index in [2.05, 4.69) is 5.32 Å². The Kier molecular flexibility index (Phi) is 4.11. The van der Waals surface area contributed by atoms with Gasteiger partial charge in [0.15, 0.2) is 0 Å². The highest BCUT2D eigenvalue weighted by atomic mass is 19.1. The number of carbonyl (C=O) groups excluding carboxylic acids is 1. The number of nitrogens with zero attached hydrogens (tertiary/aromatic N) is 1. The Labute approximate surface area is 116 Å². The van der Waals surface area contributed by atoms with Crippen LogP contribution in [0.2, 0.25) is 0 Å². The average Bonchev–Trinajstić information content (AvgIpc) is 2.48. The molecule has 3 nitrogen and oxygen atoms in total. The lowest BCUT2D eigenvalue weighted by Gasteiger charge is -2.12. The molecule has 0 bridgehead atoms. The topological polar surface area (TPSA) is 52.9 Å². The van der Waals surface area contributed by atoms with Gasteiger partial charge >= 0.3 is 0 Å². The van der Waals surface area contributed by atoms with Crippen molar-refractivity contribution in [3.63, 3.8) is 0 Å². The van der Waals surface area contributed by atoms with Crippen molar-refractivity contribution in [2.24, 2.45) is 0 Å². The minimum atomic E-state index is -0.756. The van der Waals surface area contributed by atoms with E-state index in [0.29, 0.717) is 11.1 Å². The van der Waals surface area contributed by atoms with Crippen LogP contribution < -0.4 is 5.32 Å². The number of carbonyl (C=O) groups is 1. The predicted octanol–water partition coefficient (Wildman–Crippen LogP) is 3.13. The molecule has 20 heavy (non-hydrogen) atoms. The zero-order chi connectivity index (χ0) is 14.5. The molecule has 1 amide bonds. The van der Waals surface area contributed by atoms with Crippen molar-refractivity contribution >= 4 is 5.91 Å². The normalized spacial score (nSPS) is 11.4. The van der Waals surface area contributed by atoms with Crippen LogP contribution in [0.3, 0.4) is 0 Å². The highest BCUT2D eigenvalue weighted by Crippen LogP contribution is 2.14. The lowest BCUT2D eigenvalue weighted by Crippen LogP contribution is -2.27. The van der Waals surface area contributed by atoms with E-state index in [4.69, 9.17) is 5.26 Å². The molecule has 1 atom stereocenters. The first-order valence-electron chi connectivity index (χ1n) is 6.13. The zero-order valence-electron chi connectivity index (χ0n) is 10.9. The van der Waals surface area contributed by atoms with Gasteiger partial charge in [0.1, 0.15) is 11.9 Å². The molecule has 100 valence electrons. The fraction of sp³-hybridized carbons (Fsp3) is 0.125. The quantitative estimate of drug-likeness (QED) is 0.929. The van der Waals surface area contributed by atoms with E-state index in [1.165, 1.54) is 18.2 Å². The van der Waals surface area contributed by atoms with E-state index in [9.17, 15) is 9.18 Å². The minimum absolute atomic E-state index is 0.198. The monoisotopic (exact) mass is 268 g/mol. The molecule has 1 N–H and O–H groups in total. The summed E-state index contributed by atoms with van der Waals surface area (Å²) in [5.41, 5.74) is 1.36. The Morgan fingerprint density at radius 2 is 1.95 bits per heavy atom. The molecule has 1 unspecified atom stereocenters. The summed E-state index contributed by atoms with van der Waals surface area (Å²) in [5.74, 6) is -0.912. The maximum atomic E-state index is 13.4. The number of benzene rings is 2. The van der Waals surface area contributed by atoms with Crippen molar-refractivity contribution < 1.29 is 9.18 Å². The number of hydrogen-bond acceptors (Lipinski definition) is 2. The molecule has 0 aliphatic rings. The lowest BCUT2D eigenvalue weighted by atomic mass is 10.1. The molecule has 0 heterocycles. The summed E-state index contributed by atoms with van der Waals surface area (Å²) in [6.07, 6.45) is 0. The molecule has 0 fully saturated rings. The van der Waals surface area contributed by atoms with Crippen molar-refractivity contribution in [1.29, 1.82) is 5.26 Å². The Morgan fingerprint density at radius 3 is 2.55 bits per heavy atom. The van der Waals surface area contributed by atoms with Gasteiger partial charge in [-0.05, 0) is 30.2 Å². The van der Waals surface area contributed by atoms with E-state index < -0.39 is 17.8 Å². The van der Waals surface area contributed by atoms with Gasteiger partial charge in [-0.3, -0.25) is 4.79 Å². The van der Waals surface area contributed by atoms with Gasteiger partial charge in [0.2, 0.25) is 0 Å². The third-order valence-electron chi connectivity index (χ3n) is 2.97. The van der Waals surface area contributed by atoms with Gasteiger partial charge in [-0.15, -0.1) is 0 Å².